The molecule has 0 radical (unpaired) electrons. The van der Waals surface area contributed by atoms with E-state index in [1.165, 1.54) is 12.1 Å². The summed E-state index contributed by atoms with van der Waals surface area (Å²) in [5, 5.41) is 18.4. The first-order valence-corrected chi connectivity index (χ1v) is 11.5. The van der Waals surface area contributed by atoms with Gasteiger partial charge in [-0.2, -0.15) is 10.5 Å². The second-order valence-electron chi connectivity index (χ2n) is 7.08. The molecule has 0 aliphatic carbocycles. The van der Waals surface area contributed by atoms with Crippen molar-refractivity contribution < 1.29 is 27.4 Å². The lowest BCUT2D eigenvalue weighted by Gasteiger charge is -2.10. The fraction of sp³-hybridized carbons (Fsp3) is 0.182. The molecule has 0 atom stereocenters. The van der Waals surface area contributed by atoms with Crippen molar-refractivity contribution in [3.8, 4) is 28.8 Å². The van der Waals surface area contributed by atoms with E-state index in [1.807, 2.05) is 12.1 Å². The SMILES string of the molecule is N#Cc1nc(COCCc2cc(Cl)c(Oc3nc4ccc(OC(F)(F)F)cc4s3)c(Cl)c2)[nH]c1C#N. The van der Waals surface area contributed by atoms with Gasteiger partial charge in [0.05, 0.1) is 26.9 Å². The van der Waals surface area contributed by atoms with Crippen LogP contribution < -0.4 is 9.47 Å². The molecular weight excluding hydrogens is 542 g/mol. The molecule has 0 bridgehead atoms. The molecule has 184 valence electrons. The smallest absolute Gasteiger partial charge is 0.428 e. The Labute approximate surface area is 215 Å². The van der Waals surface area contributed by atoms with Crippen molar-refractivity contribution in [3.05, 3.63) is 63.2 Å². The van der Waals surface area contributed by atoms with Crippen molar-refractivity contribution in [2.24, 2.45) is 0 Å². The fourth-order valence-electron chi connectivity index (χ4n) is 3.08. The van der Waals surface area contributed by atoms with E-state index >= 15 is 0 Å². The van der Waals surface area contributed by atoms with Crippen LogP contribution in [-0.2, 0) is 17.8 Å². The Morgan fingerprint density at radius 1 is 1.06 bits per heavy atom. The molecule has 0 spiro atoms. The number of imidazole rings is 1. The molecule has 0 saturated heterocycles. The predicted octanol–water partition coefficient (Wildman–Crippen LogP) is 6.52. The number of thiazole rings is 1. The highest BCUT2D eigenvalue weighted by atomic mass is 35.5. The van der Waals surface area contributed by atoms with Gasteiger partial charge in [-0.15, -0.1) is 13.2 Å². The minimum atomic E-state index is -4.80. The van der Waals surface area contributed by atoms with Crippen LogP contribution in [0.2, 0.25) is 10.0 Å². The zero-order valence-corrected chi connectivity index (χ0v) is 20.1. The molecule has 8 nitrogen and oxygen atoms in total. The molecule has 14 heteroatoms. The summed E-state index contributed by atoms with van der Waals surface area (Å²) in [5.41, 5.74) is 1.26. The third kappa shape index (κ3) is 6.17. The maximum atomic E-state index is 12.5. The van der Waals surface area contributed by atoms with Crippen molar-refractivity contribution in [2.75, 3.05) is 6.61 Å². The van der Waals surface area contributed by atoms with Crippen LogP contribution >= 0.6 is 34.5 Å². The monoisotopic (exact) mass is 553 g/mol. The van der Waals surface area contributed by atoms with Gasteiger partial charge in [0.1, 0.15) is 30.3 Å². The van der Waals surface area contributed by atoms with Gasteiger partial charge in [0, 0.05) is 6.07 Å². The fourth-order valence-corrected chi connectivity index (χ4v) is 4.54. The number of nitriles is 2. The van der Waals surface area contributed by atoms with Crippen LogP contribution in [0.5, 0.6) is 16.7 Å². The summed E-state index contributed by atoms with van der Waals surface area (Å²) < 4.78 is 53.0. The Bertz CT molecular complexity index is 1450. The number of nitrogens with zero attached hydrogens (tertiary/aromatic N) is 4. The third-order valence-electron chi connectivity index (χ3n) is 4.57. The Morgan fingerprint density at radius 2 is 1.81 bits per heavy atom. The Hall–Kier alpha value is -3.55. The molecular formula is C22H12Cl2F3N5O3S. The molecule has 4 aromatic rings. The standard InChI is InChI=1S/C22H12Cl2F3N5O3S/c23-13-5-11(3-4-33-10-19-30-16(8-28)17(9-29)31-19)6-14(24)20(13)34-21-32-15-2-1-12(7-18(15)36-21)35-22(25,26)27/h1-2,5-7H,3-4,10H2,(H,30,31). The van der Waals surface area contributed by atoms with Crippen molar-refractivity contribution in [1.29, 1.82) is 10.5 Å². The van der Waals surface area contributed by atoms with E-state index in [9.17, 15) is 13.2 Å². The van der Waals surface area contributed by atoms with E-state index in [2.05, 4.69) is 19.7 Å². The van der Waals surface area contributed by atoms with Gasteiger partial charge >= 0.3 is 6.36 Å². The number of rotatable bonds is 8. The van der Waals surface area contributed by atoms with E-state index < -0.39 is 6.36 Å². The van der Waals surface area contributed by atoms with Gasteiger partial charge in [-0.1, -0.05) is 34.5 Å². The van der Waals surface area contributed by atoms with Gasteiger partial charge in [-0.25, -0.2) is 9.97 Å². The van der Waals surface area contributed by atoms with Gasteiger partial charge in [0.25, 0.3) is 5.19 Å². The second-order valence-corrected chi connectivity index (χ2v) is 8.89. The minimum Gasteiger partial charge on any atom is -0.428 e. The van der Waals surface area contributed by atoms with Crippen LogP contribution in [0.4, 0.5) is 13.2 Å². The van der Waals surface area contributed by atoms with E-state index in [-0.39, 0.29) is 51.3 Å². The van der Waals surface area contributed by atoms with Crippen molar-refractivity contribution >= 4 is 44.8 Å². The molecule has 0 fully saturated rings. The number of hydrogen-bond acceptors (Lipinski definition) is 8. The summed E-state index contributed by atoms with van der Waals surface area (Å²) in [6.45, 7) is 0.351. The third-order valence-corrected chi connectivity index (χ3v) is 6.02. The summed E-state index contributed by atoms with van der Waals surface area (Å²) in [6.07, 6.45) is -4.36. The minimum absolute atomic E-state index is 0.00783. The lowest BCUT2D eigenvalue weighted by atomic mass is 10.1. The lowest BCUT2D eigenvalue weighted by molar-refractivity contribution is -0.274. The summed E-state index contributed by atoms with van der Waals surface area (Å²) in [4.78, 5) is 10.9. The van der Waals surface area contributed by atoms with Crippen molar-refractivity contribution in [3.63, 3.8) is 0 Å². The van der Waals surface area contributed by atoms with Crippen LogP contribution in [0.3, 0.4) is 0 Å². The van der Waals surface area contributed by atoms with Gasteiger partial charge < -0.3 is 19.2 Å². The zero-order chi connectivity index (χ0) is 25.9. The molecule has 0 saturated carbocycles. The number of aromatic amines is 1. The van der Waals surface area contributed by atoms with E-state index in [0.717, 1.165) is 23.0 Å². The number of fused-ring (bicyclic) bond motifs is 1. The maximum Gasteiger partial charge on any atom is 0.573 e. The average Bonchev–Trinajstić information content (AvgIpc) is 3.40. The molecule has 2 aromatic heterocycles. The average molecular weight is 554 g/mol. The van der Waals surface area contributed by atoms with Crippen LogP contribution in [0.1, 0.15) is 22.8 Å². The number of alkyl halides is 3. The van der Waals surface area contributed by atoms with E-state index in [1.54, 1.807) is 12.1 Å². The summed E-state index contributed by atoms with van der Waals surface area (Å²) in [7, 11) is 0. The maximum absolute atomic E-state index is 12.5. The largest absolute Gasteiger partial charge is 0.573 e. The number of benzene rings is 2. The highest BCUT2D eigenvalue weighted by molar-refractivity contribution is 7.20. The van der Waals surface area contributed by atoms with Crippen LogP contribution in [-0.4, -0.2) is 27.9 Å². The molecule has 0 aliphatic rings. The van der Waals surface area contributed by atoms with E-state index in [0.29, 0.717) is 22.5 Å². The molecule has 36 heavy (non-hydrogen) atoms. The van der Waals surface area contributed by atoms with Gasteiger partial charge in [0.2, 0.25) is 0 Å². The highest BCUT2D eigenvalue weighted by Gasteiger charge is 2.31. The second kappa shape index (κ2) is 10.6. The van der Waals surface area contributed by atoms with Crippen LogP contribution in [0, 0.1) is 22.7 Å². The lowest BCUT2D eigenvalue weighted by Crippen LogP contribution is -2.16. The molecule has 4 rings (SSSR count). The number of aromatic nitrogens is 3. The first kappa shape index (κ1) is 25.5. The van der Waals surface area contributed by atoms with Gasteiger partial charge in [0.15, 0.2) is 17.1 Å². The summed E-state index contributed by atoms with van der Waals surface area (Å²) in [6, 6.07) is 10.7. The highest BCUT2D eigenvalue weighted by Crippen LogP contribution is 2.40. The number of H-pyrrole nitrogens is 1. The predicted molar refractivity (Wildman–Crippen MR) is 124 cm³/mol. The molecule has 0 unspecified atom stereocenters. The van der Waals surface area contributed by atoms with Gasteiger partial charge in [-0.3, -0.25) is 0 Å². The molecule has 1 N–H and O–H groups in total. The molecule has 2 heterocycles. The Kier molecular flexibility index (Phi) is 7.52. The van der Waals surface area contributed by atoms with Gasteiger partial charge in [-0.05, 0) is 36.2 Å². The Balaban J connectivity index is 1.39. The summed E-state index contributed by atoms with van der Waals surface area (Å²) in [5.74, 6) is 0.143. The quantitative estimate of drug-likeness (QED) is 0.247. The van der Waals surface area contributed by atoms with E-state index in [4.69, 9.17) is 43.2 Å². The van der Waals surface area contributed by atoms with Crippen LogP contribution in [0.25, 0.3) is 10.2 Å². The molecule has 0 aliphatic heterocycles. The van der Waals surface area contributed by atoms with Crippen molar-refractivity contribution in [2.45, 2.75) is 19.4 Å². The first-order valence-electron chi connectivity index (χ1n) is 9.94. The Morgan fingerprint density at radius 3 is 2.44 bits per heavy atom. The number of nitrogens with one attached hydrogen (secondary N) is 1. The molecule has 2 aromatic carbocycles. The zero-order valence-electron chi connectivity index (χ0n) is 17.8. The number of halogens is 5. The number of hydrogen-bond donors (Lipinski definition) is 1. The van der Waals surface area contributed by atoms with Crippen molar-refractivity contribution in [1.82, 2.24) is 15.0 Å². The number of ether oxygens (including phenoxy) is 3. The van der Waals surface area contributed by atoms with Crippen LogP contribution in [0.15, 0.2) is 30.3 Å². The first-order chi connectivity index (χ1) is 17.1. The normalized spacial score (nSPS) is 11.3. The molecule has 0 amide bonds. The topological polar surface area (TPSA) is 117 Å². The summed E-state index contributed by atoms with van der Waals surface area (Å²) >= 11 is 13.7.